The van der Waals surface area contributed by atoms with Gasteiger partial charge in [0.25, 0.3) is 0 Å². The van der Waals surface area contributed by atoms with Crippen molar-refractivity contribution in [1.29, 1.82) is 0 Å². The SMILES string of the molecule is C#CC(CC)NC(=O)NCc1cn(CC(=O)O)nn1. The van der Waals surface area contributed by atoms with Gasteiger partial charge in [-0.15, -0.1) is 11.5 Å². The summed E-state index contributed by atoms with van der Waals surface area (Å²) in [5, 5.41) is 21.0. The number of urea groups is 1. The molecule has 0 bridgehead atoms. The summed E-state index contributed by atoms with van der Waals surface area (Å²) in [6.07, 6.45) is 7.30. The van der Waals surface area contributed by atoms with Crippen LogP contribution in [0, 0.1) is 12.3 Å². The van der Waals surface area contributed by atoms with Gasteiger partial charge < -0.3 is 15.7 Å². The van der Waals surface area contributed by atoms with Gasteiger partial charge in [0.05, 0.1) is 18.8 Å². The summed E-state index contributed by atoms with van der Waals surface area (Å²) in [5.74, 6) is 1.43. The highest BCUT2D eigenvalue weighted by Crippen LogP contribution is 1.93. The van der Waals surface area contributed by atoms with Gasteiger partial charge in [-0.3, -0.25) is 4.79 Å². The zero-order valence-electron chi connectivity index (χ0n) is 10.5. The fourth-order valence-corrected chi connectivity index (χ4v) is 1.28. The molecule has 0 aliphatic heterocycles. The van der Waals surface area contributed by atoms with E-state index >= 15 is 0 Å². The molecule has 8 heteroatoms. The van der Waals surface area contributed by atoms with Crippen LogP contribution in [0.25, 0.3) is 0 Å². The second-order valence-electron chi connectivity index (χ2n) is 3.76. The Kier molecular flexibility index (Phi) is 5.35. The molecule has 1 rings (SSSR count). The maximum atomic E-state index is 11.5. The van der Waals surface area contributed by atoms with Crippen LogP contribution < -0.4 is 10.6 Å². The molecule has 3 N–H and O–H groups in total. The Morgan fingerprint density at radius 1 is 1.63 bits per heavy atom. The van der Waals surface area contributed by atoms with Crippen LogP contribution in [0.15, 0.2) is 6.20 Å². The van der Waals surface area contributed by atoms with Gasteiger partial charge in [0, 0.05) is 0 Å². The van der Waals surface area contributed by atoms with E-state index in [0.29, 0.717) is 12.1 Å². The van der Waals surface area contributed by atoms with Crippen molar-refractivity contribution in [1.82, 2.24) is 25.6 Å². The average molecular weight is 265 g/mol. The molecular formula is C11H15N5O3. The normalized spacial score (nSPS) is 11.4. The molecule has 0 radical (unpaired) electrons. The number of amides is 2. The lowest BCUT2D eigenvalue weighted by Gasteiger charge is -2.10. The summed E-state index contributed by atoms with van der Waals surface area (Å²) in [5.41, 5.74) is 0.463. The van der Waals surface area contributed by atoms with Gasteiger partial charge in [-0.1, -0.05) is 18.1 Å². The number of rotatable bonds is 6. The van der Waals surface area contributed by atoms with Crippen molar-refractivity contribution in [2.24, 2.45) is 0 Å². The summed E-state index contributed by atoms with van der Waals surface area (Å²) in [6, 6.07) is -0.722. The lowest BCUT2D eigenvalue weighted by atomic mass is 10.2. The number of nitrogens with one attached hydrogen (secondary N) is 2. The lowest BCUT2D eigenvalue weighted by molar-refractivity contribution is -0.137. The molecule has 102 valence electrons. The lowest BCUT2D eigenvalue weighted by Crippen LogP contribution is -2.40. The summed E-state index contributed by atoms with van der Waals surface area (Å²) >= 11 is 0. The van der Waals surface area contributed by atoms with E-state index in [2.05, 4.69) is 26.9 Å². The van der Waals surface area contributed by atoms with Crippen LogP contribution in [0.3, 0.4) is 0 Å². The van der Waals surface area contributed by atoms with Crippen LogP contribution in [-0.2, 0) is 17.9 Å². The summed E-state index contributed by atoms with van der Waals surface area (Å²) in [7, 11) is 0. The first-order valence-corrected chi connectivity index (χ1v) is 5.66. The predicted molar refractivity (Wildman–Crippen MR) is 65.9 cm³/mol. The second-order valence-corrected chi connectivity index (χ2v) is 3.76. The van der Waals surface area contributed by atoms with Crippen molar-refractivity contribution in [3.05, 3.63) is 11.9 Å². The Balaban J connectivity index is 2.40. The molecule has 1 aromatic heterocycles. The molecule has 0 saturated heterocycles. The Labute approximate surface area is 110 Å². The minimum absolute atomic E-state index is 0.145. The molecular weight excluding hydrogens is 250 g/mol. The van der Waals surface area contributed by atoms with Crippen LogP contribution >= 0.6 is 0 Å². The third-order valence-electron chi connectivity index (χ3n) is 2.23. The maximum absolute atomic E-state index is 11.5. The van der Waals surface area contributed by atoms with E-state index in [1.165, 1.54) is 10.9 Å². The first-order valence-electron chi connectivity index (χ1n) is 5.66. The Morgan fingerprint density at radius 3 is 2.95 bits per heavy atom. The molecule has 1 unspecified atom stereocenters. The number of carbonyl (C=O) groups is 2. The van der Waals surface area contributed by atoms with Gasteiger partial charge >= 0.3 is 12.0 Å². The van der Waals surface area contributed by atoms with Gasteiger partial charge in [-0.25, -0.2) is 9.48 Å². The number of carboxylic acid groups (broad SMARTS) is 1. The number of hydrogen-bond acceptors (Lipinski definition) is 4. The number of carboxylic acids is 1. The van der Waals surface area contributed by atoms with Crippen molar-refractivity contribution in [3.63, 3.8) is 0 Å². The number of aromatic nitrogens is 3. The highest BCUT2D eigenvalue weighted by atomic mass is 16.4. The Hall–Kier alpha value is -2.56. The molecule has 1 heterocycles. The van der Waals surface area contributed by atoms with Gasteiger partial charge in [0.15, 0.2) is 0 Å². The van der Waals surface area contributed by atoms with Crippen LogP contribution in [0.4, 0.5) is 4.79 Å². The molecule has 0 spiro atoms. The molecule has 0 aliphatic carbocycles. The van der Waals surface area contributed by atoms with E-state index < -0.39 is 12.0 Å². The minimum Gasteiger partial charge on any atom is -0.480 e. The van der Waals surface area contributed by atoms with Crippen molar-refractivity contribution in [3.8, 4) is 12.3 Å². The summed E-state index contributed by atoms with van der Waals surface area (Å²) in [4.78, 5) is 21.9. The molecule has 0 aliphatic rings. The fraction of sp³-hybridized carbons (Fsp3) is 0.455. The van der Waals surface area contributed by atoms with E-state index in [-0.39, 0.29) is 19.1 Å². The number of terminal acetylenes is 1. The Bertz CT molecular complexity index is 491. The smallest absolute Gasteiger partial charge is 0.325 e. The number of carbonyl (C=O) groups excluding carboxylic acids is 1. The molecule has 8 nitrogen and oxygen atoms in total. The van der Waals surface area contributed by atoms with E-state index in [1.807, 2.05) is 6.92 Å². The van der Waals surface area contributed by atoms with E-state index in [0.717, 1.165) is 0 Å². The van der Waals surface area contributed by atoms with Crippen molar-refractivity contribution >= 4 is 12.0 Å². The quantitative estimate of drug-likeness (QED) is 0.605. The average Bonchev–Trinajstić information content (AvgIpc) is 2.80. The minimum atomic E-state index is -1.01. The molecule has 19 heavy (non-hydrogen) atoms. The van der Waals surface area contributed by atoms with Crippen molar-refractivity contribution in [2.45, 2.75) is 32.5 Å². The third kappa shape index (κ3) is 5.08. The van der Waals surface area contributed by atoms with Crippen molar-refractivity contribution < 1.29 is 14.7 Å². The maximum Gasteiger partial charge on any atom is 0.325 e. The van der Waals surface area contributed by atoms with Gasteiger partial charge in [0.2, 0.25) is 0 Å². The third-order valence-corrected chi connectivity index (χ3v) is 2.23. The monoisotopic (exact) mass is 265 g/mol. The topological polar surface area (TPSA) is 109 Å². The summed E-state index contributed by atoms with van der Waals surface area (Å²) < 4.78 is 1.17. The van der Waals surface area contributed by atoms with Crippen LogP contribution in [0.2, 0.25) is 0 Å². The van der Waals surface area contributed by atoms with E-state index in [4.69, 9.17) is 11.5 Å². The van der Waals surface area contributed by atoms with E-state index in [9.17, 15) is 9.59 Å². The molecule has 0 aromatic carbocycles. The van der Waals surface area contributed by atoms with Crippen LogP contribution in [0.1, 0.15) is 19.0 Å². The molecule has 0 fully saturated rings. The molecule has 2 amide bonds. The van der Waals surface area contributed by atoms with Gasteiger partial charge in [-0.2, -0.15) is 0 Å². The number of hydrogen-bond donors (Lipinski definition) is 3. The highest BCUT2D eigenvalue weighted by molar-refractivity contribution is 5.74. The largest absolute Gasteiger partial charge is 0.480 e. The Morgan fingerprint density at radius 2 is 2.37 bits per heavy atom. The molecule has 1 aromatic rings. The summed E-state index contributed by atoms with van der Waals surface area (Å²) in [6.45, 7) is 1.74. The second kappa shape index (κ2) is 7.00. The zero-order chi connectivity index (χ0) is 14.3. The first kappa shape index (κ1) is 14.5. The predicted octanol–water partition coefficient (Wildman–Crippen LogP) is -0.426. The van der Waals surface area contributed by atoms with E-state index in [1.54, 1.807) is 0 Å². The van der Waals surface area contributed by atoms with Crippen LogP contribution in [-0.4, -0.2) is 38.1 Å². The molecule has 0 saturated carbocycles. The highest BCUT2D eigenvalue weighted by Gasteiger charge is 2.08. The number of aliphatic carboxylic acids is 1. The fourth-order valence-electron chi connectivity index (χ4n) is 1.28. The zero-order valence-corrected chi connectivity index (χ0v) is 10.5. The first-order chi connectivity index (χ1) is 9.05. The van der Waals surface area contributed by atoms with Crippen molar-refractivity contribution in [2.75, 3.05) is 0 Å². The standard InChI is InChI=1S/C11H15N5O3/c1-3-8(4-2)13-11(19)12-5-9-6-16(15-14-9)7-10(17)18/h1,6,8H,4-5,7H2,2H3,(H,17,18)(H2,12,13,19). The number of nitrogens with zero attached hydrogens (tertiary/aromatic N) is 3. The van der Waals surface area contributed by atoms with Gasteiger partial charge in [0.1, 0.15) is 12.2 Å². The molecule has 1 atom stereocenters. The van der Waals surface area contributed by atoms with Gasteiger partial charge in [-0.05, 0) is 6.42 Å². The van der Waals surface area contributed by atoms with Crippen LogP contribution in [0.5, 0.6) is 0 Å².